The monoisotopic (exact) mass is 294 g/mol. The van der Waals surface area contributed by atoms with Crippen LogP contribution in [0.25, 0.3) is 11.5 Å². The van der Waals surface area contributed by atoms with Gasteiger partial charge in [-0.25, -0.2) is 0 Å². The second-order valence-corrected chi connectivity index (χ2v) is 4.80. The highest BCUT2D eigenvalue weighted by Crippen LogP contribution is 2.30. The topological polar surface area (TPSA) is 78.3 Å². The molecule has 0 saturated carbocycles. The van der Waals surface area contributed by atoms with Crippen LogP contribution >= 0.6 is 0 Å². The van der Waals surface area contributed by atoms with Crippen LogP contribution in [0.2, 0.25) is 0 Å². The molecule has 5 heteroatoms. The molecule has 0 bridgehead atoms. The van der Waals surface area contributed by atoms with E-state index in [-0.39, 0.29) is 11.6 Å². The van der Waals surface area contributed by atoms with E-state index in [0.29, 0.717) is 11.6 Å². The molecule has 2 N–H and O–H groups in total. The number of aryl methyl sites for hydroxylation is 1. The number of hydrogen-bond donors (Lipinski definition) is 1. The number of nitrogens with two attached hydrogens (primary N) is 1. The van der Waals surface area contributed by atoms with Crippen LogP contribution in [0.5, 0.6) is 11.7 Å². The van der Waals surface area contributed by atoms with Gasteiger partial charge in [-0.2, -0.15) is 4.98 Å². The summed E-state index contributed by atoms with van der Waals surface area (Å²) in [4.78, 5) is 15.7. The largest absolute Gasteiger partial charge is 0.424 e. The van der Waals surface area contributed by atoms with Crippen molar-refractivity contribution in [3.05, 3.63) is 65.9 Å². The molecule has 2 aromatic carbocycles. The molecule has 0 atom stereocenters. The van der Waals surface area contributed by atoms with Crippen molar-refractivity contribution < 1.29 is 13.9 Å². The first kappa shape index (κ1) is 13.9. The van der Waals surface area contributed by atoms with E-state index < -0.39 is 5.91 Å². The second-order valence-electron chi connectivity index (χ2n) is 4.80. The number of amides is 1. The molecule has 0 aliphatic rings. The van der Waals surface area contributed by atoms with Crippen LogP contribution in [-0.2, 0) is 0 Å². The summed E-state index contributed by atoms with van der Waals surface area (Å²) in [6.07, 6.45) is 0. The molecule has 1 amide bonds. The Morgan fingerprint density at radius 1 is 1.09 bits per heavy atom. The Morgan fingerprint density at radius 3 is 2.41 bits per heavy atom. The van der Waals surface area contributed by atoms with Crippen LogP contribution in [0.4, 0.5) is 0 Å². The van der Waals surface area contributed by atoms with Crippen molar-refractivity contribution in [3.63, 3.8) is 0 Å². The van der Waals surface area contributed by atoms with Crippen molar-refractivity contribution in [1.29, 1.82) is 0 Å². The summed E-state index contributed by atoms with van der Waals surface area (Å²) in [5.74, 6) is 0.124. The normalized spacial score (nSPS) is 10.4. The Kier molecular flexibility index (Phi) is 3.62. The maximum atomic E-state index is 11.5. The van der Waals surface area contributed by atoms with Crippen LogP contribution in [-0.4, -0.2) is 10.9 Å². The van der Waals surface area contributed by atoms with Crippen molar-refractivity contribution in [1.82, 2.24) is 4.98 Å². The SMILES string of the molecule is Cc1ccc(-c2nc(C(N)=O)c(Oc3ccccc3)o2)cc1. The molecule has 3 rings (SSSR count). The molecular weight excluding hydrogens is 280 g/mol. The molecule has 0 aliphatic carbocycles. The van der Waals surface area contributed by atoms with Gasteiger partial charge in [-0.15, -0.1) is 0 Å². The van der Waals surface area contributed by atoms with E-state index in [4.69, 9.17) is 14.9 Å². The first-order chi connectivity index (χ1) is 10.6. The third-order valence-electron chi connectivity index (χ3n) is 3.08. The number of rotatable bonds is 4. The zero-order chi connectivity index (χ0) is 15.5. The molecule has 5 nitrogen and oxygen atoms in total. The highest BCUT2D eigenvalue weighted by molar-refractivity contribution is 5.93. The Balaban J connectivity index is 1.99. The van der Waals surface area contributed by atoms with E-state index in [0.717, 1.165) is 11.1 Å². The fourth-order valence-corrected chi connectivity index (χ4v) is 1.95. The average Bonchev–Trinajstić information content (AvgIpc) is 2.93. The van der Waals surface area contributed by atoms with Gasteiger partial charge in [0.2, 0.25) is 11.6 Å². The molecule has 1 heterocycles. The predicted molar refractivity (Wildman–Crippen MR) is 81.7 cm³/mol. The zero-order valence-corrected chi connectivity index (χ0v) is 11.9. The first-order valence-electron chi connectivity index (χ1n) is 6.74. The molecular formula is C17H14N2O3. The molecule has 0 fully saturated rings. The molecule has 1 aromatic heterocycles. The van der Waals surface area contributed by atoms with Gasteiger partial charge in [0.15, 0.2) is 0 Å². The van der Waals surface area contributed by atoms with E-state index >= 15 is 0 Å². The number of primary amides is 1. The number of aromatic nitrogens is 1. The number of carbonyl (C=O) groups excluding carboxylic acids is 1. The second kappa shape index (κ2) is 5.73. The van der Waals surface area contributed by atoms with Crippen molar-refractivity contribution in [2.45, 2.75) is 6.92 Å². The summed E-state index contributed by atoms with van der Waals surface area (Å²) in [5, 5.41) is 0. The average molecular weight is 294 g/mol. The zero-order valence-electron chi connectivity index (χ0n) is 11.9. The minimum Gasteiger partial charge on any atom is -0.424 e. The fourth-order valence-electron chi connectivity index (χ4n) is 1.95. The number of nitrogens with zero attached hydrogens (tertiary/aromatic N) is 1. The molecule has 0 spiro atoms. The van der Waals surface area contributed by atoms with Gasteiger partial charge in [-0.3, -0.25) is 4.79 Å². The van der Waals surface area contributed by atoms with E-state index in [1.165, 1.54) is 0 Å². The summed E-state index contributed by atoms with van der Waals surface area (Å²) < 4.78 is 11.1. The Bertz CT molecular complexity index is 793. The van der Waals surface area contributed by atoms with Crippen molar-refractivity contribution >= 4 is 5.91 Å². The molecule has 0 saturated heterocycles. The number of para-hydroxylation sites is 1. The Hall–Kier alpha value is -3.08. The van der Waals surface area contributed by atoms with Crippen molar-refractivity contribution in [3.8, 4) is 23.1 Å². The smallest absolute Gasteiger partial charge is 0.324 e. The van der Waals surface area contributed by atoms with Gasteiger partial charge in [0.05, 0.1) is 0 Å². The molecule has 0 aliphatic heterocycles. The van der Waals surface area contributed by atoms with E-state index in [1.807, 2.05) is 49.4 Å². The summed E-state index contributed by atoms with van der Waals surface area (Å²) in [5.41, 5.74) is 7.18. The number of hydrogen-bond acceptors (Lipinski definition) is 4. The van der Waals surface area contributed by atoms with Gasteiger partial charge in [-0.05, 0) is 31.2 Å². The van der Waals surface area contributed by atoms with Crippen molar-refractivity contribution in [2.24, 2.45) is 5.73 Å². The predicted octanol–water partition coefficient (Wildman–Crippen LogP) is 3.54. The van der Waals surface area contributed by atoms with Gasteiger partial charge in [0.25, 0.3) is 5.91 Å². The number of benzene rings is 2. The molecule has 110 valence electrons. The Morgan fingerprint density at radius 2 is 1.77 bits per heavy atom. The summed E-state index contributed by atoms with van der Waals surface area (Å²) >= 11 is 0. The van der Waals surface area contributed by atoms with Gasteiger partial charge >= 0.3 is 5.95 Å². The van der Waals surface area contributed by atoms with Crippen LogP contribution < -0.4 is 10.5 Å². The molecule has 3 aromatic rings. The highest BCUT2D eigenvalue weighted by atomic mass is 16.6. The maximum Gasteiger partial charge on any atom is 0.324 e. The van der Waals surface area contributed by atoms with Gasteiger partial charge in [0, 0.05) is 5.56 Å². The quantitative estimate of drug-likeness (QED) is 0.798. The Labute approximate surface area is 127 Å². The molecule has 22 heavy (non-hydrogen) atoms. The van der Waals surface area contributed by atoms with Crippen LogP contribution in [0.1, 0.15) is 16.1 Å². The fraction of sp³-hybridized carbons (Fsp3) is 0.0588. The lowest BCUT2D eigenvalue weighted by molar-refractivity contribution is 0.0992. The lowest BCUT2D eigenvalue weighted by Gasteiger charge is -2.01. The highest BCUT2D eigenvalue weighted by Gasteiger charge is 2.21. The lowest BCUT2D eigenvalue weighted by atomic mass is 10.1. The molecule has 0 unspecified atom stereocenters. The number of carbonyl (C=O) groups is 1. The number of ether oxygens (including phenoxy) is 1. The van der Waals surface area contributed by atoms with E-state index in [1.54, 1.807) is 12.1 Å². The first-order valence-corrected chi connectivity index (χ1v) is 6.74. The minimum absolute atomic E-state index is 0.00530. The van der Waals surface area contributed by atoms with Gasteiger partial charge in [0.1, 0.15) is 5.75 Å². The van der Waals surface area contributed by atoms with Crippen LogP contribution in [0.3, 0.4) is 0 Å². The van der Waals surface area contributed by atoms with Gasteiger partial charge < -0.3 is 14.9 Å². The van der Waals surface area contributed by atoms with Crippen molar-refractivity contribution in [2.75, 3.05) is 0 Å². The number of oxazole rings is 1. The third-order valence-corrected chi connectivity index (χ3v) is 3.08. The third kappa shape index (κ3) is 2.83. The summed E-state index contributed by atoms with van der Waals surface area (Å²) in [6.45, 7) is 1.98. The van der Waals surface area contributed by atoms with E-state index in [2.05, 4.69) is 4.98 Å². The summed E-state index contributed by atoms with van der Waals surface area (Å²) in [6, 6.07) is 16.6. The van der Waals surface area contributed by atoms with Crippen LogP contribution in [0.15, 0.2) is 59.0 Å². The standard InChI is InChI=1S/C17H14N2O3/c1-11-7-9-12(10-8-11)16-19-14(15(18)20)17(22-16)21-13-5-3-2-4-6-13/h2-10H,1H3,(H2,18,20). The van der Waals surface area contributed by atoms with Gasteiger partial charge in [-0.1, -0.05) is 35.9 Å². The summed E-state index contributed by atoms with van der Waals surface area (Å²) in [7, 11) is 0. The lowest BCUT2D eigenvalue weighted by Crippen LogP contribution is -2.12. The van der Waals surface area contributed by atoms with E-state index in [9.17, 15) is 4.79 Å². The molecule has 0 radical (unpaired) electrons. The maximum absolute atomic E-state index is 11.5. The minimum atomic E-state index is -0.701. The van der Waals surface area contributed by atoms with Crippen LogP contribution in [0, 0.1) is 6.92 Å².